The number of para-hydroxylation sites is 1. The quantitative estimate of drug-likeness (QED) is 0.802. The Morgan fingerprint density at radius 3 is 2.85 bits per heavy atom. The molecule has 4 heterocycles. The lowest BCUT2D eigenvalue weighted by molar-refractivity contribution is -0.146. The maximum Gasteiger partial charge on any atom is 0.250 e. The molecule has 7 nitrogen and oxygen atoms in total. The third-order valence-corrected chi connectivity index (χ3v) is 6.51. The number of rotatable bonds is 3. The van der Waals surface area contributed by atoms with E-state index in [0.29, 0.717) is 6.61 Å². The first-order valence-electron chi connectivity index (χ1n) is 9.14. The highest BCUT2D eigenvalue weighted by molar-refractivity contribution is 6.15. The van der Waals surface area contributed by atoms with Crippen molar-refractivity contribution in [2.45, 2.75) is 24.4 Å². The first-order chi connectivity index (χ1) is 12.6. The van der Waals surface area contributed by atoms with E-state index in [4.69, 9.17) is 4.74 Å². The molecule has 7 heteroatoms. The van der Waals surface area contributed by atoms with Gasteiger partial charge in [0.15, 0.2) is 0 Å². The van der Waals surface area contributed by atoms with Gasteiger partial charge in [-0.25, -0.2) is 0 Å². The standard InChI is InChI=1S/C19H21N3O4/c1-26-10-9-21-16(23)14-13-7-4-8-22(13)19(15(14)17(21)24)11-5-2-3-6-12(11)20-18(19)25/h2-3,5-6,13-15H,4,7-10H2,1H3,(H,20,25)/t13-,14-,15-,19+/m0/s1. The van der Waals surface area contributed by atoms with Gasteiger partial charge >= 0.3 is 0 Å². The minimum Gasteiger partial charge on any atom is -0.383 e. The Kier molecular flexibility index (Phi) is 3.30. The Labute approximate surface area is 151 Å². The maximum atomic E-state index is 13.3. The fraction of sp³-hybridized carbons (Fsp3) is 0.526. The fourth-order valence-corrected chi connectivity index (χ4v) is 5.62. The molecule has 1 N–H and O–H groups in total. The molecular formula is C19H21N3O4. The number of hydrogen-bond donors (Lipinski definition) is 1. The Morgan fingerprint density at radius 2 is 2.04 bits per heavy atom. The molecule has 1 aromatic rings. The SMILES string of the molecule is COCCN1C(=O)[C@@H]2[C@@H](C1=O)[C@]1(C(=O)Nc3ccccc31)N1CCC[C@@H]21. The van der Waals surface area contributed by atoms with Gasteiger partial charge in [0.2, 0.25) is 17.7 Å². The van der Waals surface area contributed by atoms with Crippen molar-refractivity contribution in [3.05, 3.63) is 29.8 Å². The van der Waals surface area contributed by atoms with Crippen molar-refractivity contribution in [3.63, 3.8) is 0 Å². The third-order valence-electron chi connectivity index (χ3n) is 6.51. The molecular weight excluding hydrogens is 334 g/mol. The molecule has 3 amide bonds. The second kappa shape index (κ2) is 5.37. The van der Waals surface area contributed by atoms with E-state index < -0.39 is 17.4 Å². The zero-order chi connectivity index (χ0) is 18.1. The van der Waals surface area contributed by atoms with Crippen LogP contribution in [0.2, 0.25) is 0 Å². The first kappa shape index (κ1) is 16.0. The summed E-state index contributed by atoms with van der Waals surface area (Å²) in [6.07, 6.45) is 1.78. The van der Waals surface area contributed by atoms with Crippen LogP contribution in [0.25, 0.3) is 0 Å². The summed E-state index contributed by atoms with van der Waals surface area (Å²) in [7, 11) is 1.55. The summed E-state index contributed by atoms with van der Waals surface area (Å²) in [5, 5.41) is 2.96. The summed E-state index contributed by atoms with van der Waals surface area (Å²) in [6.45, 7) is 1.28. The minimum absolute atomic E-state index is 0.0547. The lowest BCUT2D eigenvalue weighted by Gasteiger charge is -2.36. The van der Waals surface area contributed by atoms with Gasteiger partial charge in [-0.05, 0) is 25.5 Å². The molecule has 4 aliphatic heterocycles. The normalized spacial score (nSPS) is 35.2. The molecule has 1 spiro atoms. The van der Waals surface area contributed by atoms with Crippen LogP contribution in [0.1, 0.15) is 18.4 Å². The summed E-state index contributed by atoms with van der Waals surface area (Å²) in [6, 6.07) is 7.49. The van der Waals surface area contributed by atoms with Crippen LogP contribution in [0.4, 0.5) is 5.69 Å². The number of ether oxygens (including phenoxy) is 1. The molecule has 3 fully saturated rings. The van der Waals surface area contributed by atoms with Gasteiger partial charge in [-0.2, -0.15) is 0 Å². The van der Waals surface area contributed by atoms with Crippen LogP contribution in [0.5, 0.6) is 0 Å². The molecule has 136 valence electrons. The Morgan fingerprint density at radius 1 is 1.23 bits per heavy atom. The Hall–Kier alpha value is -2.25. The number of imide groups is 1. The van der Waals surface area contributed by atoms with E-state index in [1.807, 2.05) is 24.3 Å². The third kappa shape index (κ3) is 1.68. The summed E-state index contributed by atoms with van der Waals surface area (Å²) >= 11 is 0. The van der Waals surface area contributed by atoms with Gasteiger partial charge in [0, 0.05) is 24.4 Å². The van der Waals surface area contributed by atoms with Gasteiger partial charge < -0.3 is 10.1 Å². The predicted molar refractivity (Wildman–Crippen MR) is 92.1 cm³/mol. The highest BCUT2D eigenvalue weighted by Crippen LogP contribution is 2.60. The lowest BCUT2D eigenvalue weighted by atomic mass is 9.75. The van der Waals surface area contributed by atoms with Gasteiger partial charge in [0.05, 0.1) is 25.0 Å². The molecule has 0 saturated carbocycles. The average molecular weight is 355 g/mol. The molecule has 4 aliphatic rings. The molecule has 26 heavy (non-hydrogen) atoms. The molecule has 0 unspecified atom stereocenters. The van der Waals surface area contributed by atoms with Crippen molar-refractivity contribution in [2.24, 2.45) is 11.8 Å². The van der Waals surface area contributed by atoms with Gasteiger partial charge in [0.1, 0.15) is 5.54 Å². The van der Waals surface area contributed by atoms with Crippen LogP contribution >= 0.6 is 0 Å². The second-order valence-electron chi connectivity index (χ2n) is 7.49. The van der Waals surface area contributed by atoms with Crippen LogP contribution < -0.4 is 5.32 Å². The summed E-state index contributed by atoms with van der Waals surface area (Å²) in [4.78, 5) is 43.1. The van der Waals surface area contributed by atoms with Gasteiger partial charge in [-0.15, -0.1) is 0 Å². The minimum atomic E-state index is -1.06. The number of methoxy groups -OCH3 is 1. The number of fused-ring (bicyclic) bond motifs is 7. The number of likely N-dealkylation sites (tertiary alicyclic amines) is 1. The number of nitrogens with one attached hydrogen (secondary N) is 1. The number of hydrogen-bond acceptors (Lipinski definition) is 5. The topological polar surface area (TPSA) is 78.9 Å². The van der Waals surface area contributed by atoms with Crippen molar-refractivity contribution >= 4 is 23.4 Å². The van der Waals surface area contributed by atoms with E-state index in [2.05, 4.69) is 10.2 Å². The van der Waals surface area contributed by atoms with E-state index >= 15 is 0 Å². The monoisotopic (exact) mass is 355 g/mol. The number of anilines is 1. The van der Waals surface area contributed by atoms with E-state index in [1.165, 1.54) is 4.90 Å². The molecule has 1 aromatic carbocycles. The molecule has 0 radical (unpaired) electrons. The van der Waals surface area contributed by atoms with Crippen molar-refractivity contribution < 1.29 is 19.1 Å². The smallest absolute Gasteiger partial charge is 0.250 e. The highest BCUT2D eigenvalue weighted by atomic mass is 16.5. The molecule has 3 saturated heterocycles. The van der Waals surface area contributed by atoms with Crippen LogP contribution in [0.15, 0.2) is 24.3 Å². The molecule has 4 atom stereocenters. The average Bonchev–Trinajstić information content (AvgIpc) is 3.33. The highest BCUT2D eigenvalue weighted by Gasteiger charge is 2.74. The summed E-state index contributed by atoms with van der Waals surface area (Å²) in [5.41, 5.74) is 0.523. The second-order valence-corrected chi connectivity index (χ2v) is 7.49. The number of amides is 3. The van der Waals surface area contributed by atoms with E-state index in [-0.39, 0.29) is 30.3 Å². The molecule has 5 rings (SSSR count). The van der Waals surface area contributed by atoms with Crippen molar-refractivity contribution in [1.82, 2.24) is 9.80 Å². The summed E-state index contributed by atoms with van der Waals surface area (Å²) < 4.78 is 5.07. The van der Waals surface area contributed by atoms with Crippen LogP contribution in [-0.4, -0.2) is 60.4 Å². The maximum absolute atomic E-state index is 13.3. The number of nitrogens with zero attached hydrogens (tertiary/aromatic N) is 2. The largest absolute Gasteiger partial charge is 0.383 e. The van der Waals surface area contributed by atoms with Crippen molar-refractivity contribution in [3.8, 4) is 0 Å². The molecule has 0 aliphatic carbocycles. The van der Waals surface area contributed by atoms with E-state index in [9.17, 15) is 14.4 Å². The predicted octanol–water partition coefficient (Wildman–Crippen LogP) is 0.560. The van der Waals surface area contributed by atoms with Crippen LogP contribution in [0, 0.1) is 11.8 Å². The lowest BCUT2D eigenvalue weighted by Crippen LogP contribution is -2.54. The van der Waals surface area contributed by atoms with E-state index in [1.54, 1.807) is 7.11 Å². The van der Waals surface area contributed by atoms with Crippen molar-refractivity contribution in [1.29, 1.82) is 0 Å². The van der Waals surface area contributed by atoms with Gasteiger partial charge in [-0.3, -0.25) is 24.2 Å². The zero-order valence-corrected chi connectivity index (χ0v) is 14.6. The molecule has 0 bridgehead atoms. The van der Waals surface area contributed by atoms with Gasteiger partial charge in [0.25, 0.3) is 0 Å². The number of carbonyl (C=O) groups excluding carboxylic acids is 3. The first-order valence-corrected chi connectivity index (χ1v) is 9.14. The van der Waals surface area contributed by atoms with Crippen LogP contribution in [-0.2, 0) is 24.7 Å². The summed E-state index contributed by atoms with van der Waals surface area (Å²) in [5.74, 6) is -1.66. The zero-order valence-electron chi connectivity index (χ0n) is 14.6. The van der Waals surface area contributed by atoms with Gasteiger partial charge in [-0.1, -0.05) is 18.2 Å². The number of benzene rings is 1. The fourth-order valence-electron chi connectivity index (χ4n) is 5.62. The van der Waals surface area contributed by atoms with Crippen LogP contribution in [0.3, 0.4) is 0 Å². The Bertz CT molecular complexity index is 825. The molecule has 0 aromatic heterocycles. The van der Waals surface area contributed by atoms with E-state index in [0.717, 1.165) is 30.6 Å². The van der Waals surface area contributed by atoms with Crippen molar-refractivity contribution in [2.75, 3.05) is 32.1 Å². The Balaban J connectivity index is 1.68. The number of carbonyl (C=O) groups is 3.